The normalized spacial score (nSPS) is 10.6. The second-order valence-electron chi connectivity index (χ2n) is 5.71. The summed E-state index contributed by atoms with van der Waals surface area (Å²) in [6.07, 6.45) is 0. The molecule has 0 saturated heterocycles. The van der Waals surface area contributed by atoms with Gasteiger partial charge in [-0.1, -0.05) is 24.3 Å². The number of carbonyl (C=O) groups is 1. The molecule has 0 atom stereocenters. The van der Waals surface area contributed by atoms with E-state index >= 15 is 0 Å². The number of fused-ring (bicyclic) bond motifs is 1. The molecule has 0 unspecified atom stereocenters. The summed E-state index contributed by atoms with van der Waals surface area (Å²) >= 11 is 0. The van der Waals surface area contributed by atoms with E-state index in [1.165, 1.54) is 6.07 Å². The minimum atomic E-state index is -0.408. The van der Waals surface area contributed by atoms with Crippen molar-refractivity contribution in [3.05, 3.63) is 76.1 Å². The van der Waals surface area contributed by atoms with Crippen LogP contribution < -0.4 is 15.6 Å². The van der Waals surface area contributed by atoms with Crippen molar-refractivity contribution in [1.82, 2.24) is 5.32 Å². The highest BCUT2D eigenvalue weighted by molar-refractivity contribution is 5.93. The molecule has 0 saturated carbocycles. The SMILES string of the molecule is CN(C)c1ccc(CNC(=O)c2cc(=O)c3ccccc3o2)cc1. The van der Waals surface area contributed by atoms with E-state index in [9.17, 15) is 9.59 Å². The summed E-state index contributed by atoms with van der Waals surface area (Å²) < 4.78 is 5.52. The topological polar surface area (TPSA) is 62.6 Å². The van der Waals surface area contributed by atoms with Gasteiger partial charge in [-0.15, -0.1) is 0 Å². The summed E-state index contributed by atoms with van der Waals surface area (Å²) in [6, 6.07) is 16.0. The Balaban J connectivity index is 1.74. The fourth-order valence-electron chi connectivity index (χ4n) is 2.40. The Hall–Kier alpha value is -3.08. The fourth-order valence-corrected chi connectivity index (χ4v) is 2.40. The van der Waals surface area contributed by atoms with Crippen molar-refractivity contribution in [2.45, 2.75) is 6.54 Å². The first-order chi connectivity index (χ1) is 11.5. The second kappa shape index (κ2) is 6.58. The number of carbonyl (C=O) groups excluding carboxylic acids is 1. The van der Waals surface area contributed by atoms with Gasteiger partial charge < -0.3 is 14.6 Å². The molecule has 0 aliphatic carbocycles. The van der Waals surface area contributed by atoms with Crippen LogP contribution >= 0.6 is 0 Å². The zero-order chi connectivity index (χ0) is 17.1. The third-order valence-corrected chi connectivity index (χ3v) is 3.76. The van der Waals surface area contributed by atoms with Crippen LogP contribution in [0.2, 0.25) is 0 Å². The minimum absolute atomic E-state index is 0.0172. The van der Waals surface area contributed by atoms with Crippen LogP contribution in [0.25, 0.3) is 11.0 Å². The van der Waals surface area contributed by atoms with Gasteiger partial charge in [-0.05, 0) is 29.8 Å². The summed E-state index contributed by atoms with van der Waals surface area (Å²) in [6.45, 7) is 0.364. The number of benzene rings is 2. The molecule has 1 amide bonds. The van der Waals surface area contributed by atoms with Crippen LogP contribution in [0.3, 0.4) is 0 Å². The standard InChI is InChI=1S/C19H18N2O3/c1-21(2)14-9-7-13(8-10-14)12-20-19(23)18-11-16(22)15-5-3-4-6-17(15)24-18/h3-11H,12H2,1-2H3,(H,20,23). The Bertz CT molecular complexity index is 927. The highest BCUT2D eigenvalue weighted by Gasteiger charge is 2.11. The van der Waals surface area contributed by atoms with Gasteiger partial charge in [0.15, 0.2) is 11.2 Å². The number of nitrogens with one attached hydrogen (secondary N) is 1. The Labute approximate surface area is 139 Å². The second-order valence-corrected chi connectivity index (χ2v) is 5.71. The van der Waals surface area contributed by atoms with E-state index in [-0.39, 0.29) is 11.2 Å². The number of hydrogen-bond donors (Lipinski definition) is 1. The third kappa shape index (κ3) is 3.30. The molecule has 24 heavy (non-hydrogen) atoms. The lowest BCUT2D eigenvalue weighted by molar-refractivity contribution is 0.0923. The maximum absolute atomic E-state index is 12.2. The molecule has 5 nitrogen and oxygen atoms in total. The lowest BCUT2D eigenvalue weighted by Crippen LogP contribution is -2.24. The van der Waals surface area contributed by atoms with Crippen molar-refractivity contribution >= 4 is 22.6 Å². The van der Waals surface area contributed by atoms with Gasteiger partial charge in [0.25, 0.3) is 5.91 Å². The van der Waals surface area contributed by atoms with Crippen molar-refractivity contribution < 1.29 is 9.21 Å². The van der Waals surface area contributed by atoms with E-state index in [4.69, 9.17) is 4.42 Å². The Morgan fingerprint density at radius 1 is 1.08 bits per heavy atom. The number of amides is 1. The Morgan fingerprint density at radius 3 is 2.50 bits per heavy atom. The zero-order valence-electron chi connectivity index (χ0n) is 13.6. The van der Waals surface area contributed by atoms with Gasteiger partial charge in [0, 0.05) is 32.4 Å². The van der Waals surface area contributed by atoms with E-state index in [0.717, 1.165) is 11.3 Å². The summed E-state index contributed by atoms with van der Waals surface area (Å²) in [5.41, 5.74) is 2.24. The van der Waals surface area contributed by atoms with Gasteiger partial charge in [0.1, 0.15) is 5.58 Å². The first-order valence-electron chi connectivity index (χ1n) is 7.62. The number of hydrogen-bond acceptors (Lipinski definition) is 4. The van der Waals surface area contributed by atoms with E-state index in [1.807, 2.05) is 43.3 Å². The zero-order valence-corrected chi connectivity index (χ0v) is 13.6. The quantitative estimate of drug-likeness (QED) is 0.802. The molecular formula is C19H18N2O3. The molecule has 3 aromatic rings. The summed E-state index contributed by atoms with van der Waals surface area (Å²) in [4.78, 5) is 26.3. The van der Waals surface area contributed by atoms with E-state index < -0.39 is 5.91 Å². The fraction of sp³-hybridized carbons (Fsp3) is 0.158. The van der Waals surface area contributed by atoms with E-state index in [2.05, 4.69) is 5.32 Å². The van der Waals surface area contributed by atoms with Crippen molar-refractivity contribution in [2.24, 2.45) is 0 Å². The number of anilines is 1. The highest BCUT2D eigenvalue weighted by Crippen LogP contribution is 2.13. The number of rotatable bonds is 4. The van der Waals surface area contributed by atoms with Gasteiger partial charge in [-0.2, -0.15) is 0 Å². The van der Waals surface area contributed by atoms with Crippen molar-refractivity contribution in [3.8, 4) is 0 Å². The monoisotopic (exact) mass is 322 g/mol. The molecule has 1 aromatic heterocycles. The van der Waals surface area contributed by atoms with Crippen molar-refractivity contribution in [2.75, 3.05) is 19.0 Å². The average Bonchev–Trinajstić information content (AvgIpc) is 2.60. The summed E-state index contributed by atoms with van der Waals surface area (Å²) in [5.74, 6) is -0.391. The minimum Gasteiger partial charge on any atom is -0.451 e. The van der Waals surface area contributed by atoms with E-state index in [1.54, 1.807) is 24.3 Å². The first-order valence-corrected chi connectivity index (χ1v) is 7.62. The predicted molar refractivity (Wildman–Crippen MR) is 94.4 cm³/mol. The summed E-state index contributed by atoms with van der Waals surface area (Å²) in [7, 11) is 3.94. The summed E-state index contributed by atoms with van der Waals surface area (Å²) in [5, 5.41) is 3.24. The lowest BCUT2D eigenvalue weighted by atomic mass is 10.2. The molecule has 2 aromatic carbocycles. The molecule has 0 radical (unpaired) electrons. The molecule has 0 bridgehead atoms. The maximum atomic E-state index is 12.2. The van der Waals surface area contributed by atoms with Gasteiger partial charge in [0.2, 0.25) is 0 Å². The van der Waals surface area contributed by atoms with Crippen LogP contribution in [0.4, 0.5) is 5.69 Å². The Morgan fingerprint density at radius 2 is 1.79 bits per heavy atom. The molecule has 0 spiro atoms. The van der Waals surface area contributed by atoms with Crippen LogP contribution in [0, 0.1) is 0 Å². The van der Waals surface area contributed by atoms with Gasteiger partial charge in [0.05, 0.1) is 5.39 Å². The van der Waals surface area contributed by atoms with Gasteiger partial charge in [-0.25, -0.2) is 0 Å². The predicted octanol–water partition coefficient (Wildman–Crippen LogP) is 2.79. The van der Waals surface area contributed by atoms with Crippen molar-refractivity contribution in [1.29, 1.82) is 0 Å². The lowest BCUT2D eigenvalue weighted by Gasteiger charge is -2.12. The van der Waals surface area contributed by atoms with Crippen molar-refractivity contribution in [3.63, 3.8) is 0 Å². The largest absolute Gasteiger partial charge is 0.451 e. The molecule has 5 heteroatoms. The molecule has 0 aliphatic rings. The molecule has 122 valence electrons. The first kappa shape index (κ1) is 15.8. The van der Waals surface area contributed by atoms with Crippen LogP contribution in [-0.2, 0) is 6.54 Å². The average molecular weight is 322 g/mol. The third-order valence-electron chi connectivity index (χ3n) is 3.76. The molecule has 1 heterocycles. The van der Waals surface area contributed by atoms with Crippen LogP contribution in [0.15, 0.2) is 63.8 Å². The van der Waals surface area contributed by atoms with Gasteiger partial charge in [-0.3, -0.25) is 9.59 Å². The smallest absolute Gasteiger partial charge is 0.287 e. The molecule has 3 rings (SSSR count). The molecule has 0 aliphatic heterocycles. The molecule has 0 fully saturated rings. The molecular weight excluding hydrogens is 304 g/mol. The Kier molecular flexibility index (Phi) is 4.33. The number of nitrogens with zero attached hydrogens (tertiary/aromatic N) is 1. The maximum Gasteiger partial charge on any atom is 0.287 e. The number of para-hydroxylation sites is 1. The van der Waals surface area contributed by atoms with Crippen LogP contribution in [-0.4, -0.2) is 20.0 Å². The molecule has 1 N–H and O–H groups in total. The van der Waals surface area contributed by atoms with Crippen LogP contribution in [0.1, 0.15) is 16.1 Å². The van der Waals surface area contributed by atoms with E-state index in [0.29, 0.717) is 17.5 Å². The highest BCUT2D eigenvalue weighted by atomic mass is 16.3. The van der Waals surface area contributed by atoms with Gasteiger partial charge >= 0.3 is 0 Å². The van der Waals surface area contributed by atoms with Crippen LogP contribution in [0.5, 0.6) is 0 Å².